The fourth-order valence-corrected chi connectivity index (χ4v) is 5.28. The van der Waals surface area contributed by atoms with Crippen LogP contribution in [0.4, 0.5) is 10.5 Å². The molecule has 0 spiro atoms. The number of aliphatic hydroxyl groups excluding tert-OH is 1. The number of cyclic esters (lactones) is 1. The van der Waals surface area contributed by atoms with Gasteiger partial charge in [-0.1, -0.05) is 17.7 Å². The first-order chi connectivity index (χ1) is 15.2. The quantitative estimate of drug-likeness (QED) is 0.661. The smallest absolute Gasteiger partial charge is 0.415 e. The van der Waals surface area contributed by atoms with Gasteiger partial charge in [0.1, 0.15) is 6.61 Å². The lowest BCUT2D eigenvalue weighted by Crippen LogP contribution is -2.36. The maximum absolute atomic E-state index is 12.5. The average Bonchev–Trinajstić information content (AvgIpc) is 3.44. The van der Waals surface area contributed by atoms with Gasteiger partial charge in [-0.15, -0.1) is 0 Å². The second kappa shape index (κ2) is 8.85. The molecule has 0 radical (unpaired) electrons. The third kappa shape index (κ3) is 4.12. The minimum absolute atomic E-state index is 0.0518. The molecule has 3 N–H and O–H groups in total. The second-order valence-corrected chi connectivity index (χ2v) is 8.78. The second-order valence-electron chi connectivity index (χ2n) is 8.78. The SMILES string of the molecule is O=C1OCC(C2=CC=C(C3CCC(NCCO)CC3)CC2)N1c1ccc2nc[nH]c2c1. The summed E-state index contributed by atoms with van der Waals surface area (Å²) in [6.45, 7) is 1.30. The van der Waals surface area contributed by atoms with E-state index in [0.29, 0.717) is 25.1 Å². The Morgan fingerprint density at radius 1 is 1.16 bits per heavy atom. The van der Waals surface area contributed by atoms with Crippen molar-refractivity contribution in [3.63, 3.8) is 0 Å². The number of aliphatic hydroxyl groups is 1. The number of H-pyrrole nitrogens is 1. The number of allylic oxidation sites excluding steroid dienone is 3. The normalized spacial score (nSPS) is 26.7. The van der Waals surface area contributed by atoms with Crippen LogP contribution in [-0.2, 0) is 4.74 Å². The molecule has 1 unspecified atom stereocenters. The third-order valence-corrected chi connectivity index (χ3v) is 6.99. The summed E-state index contributed by atoms with van der Waals surface area (Å²) >= 11 is 0. The maximum Gasteiger partial charge on any atom is 0.415 e. The van der Waals surface area contributed by atoms with Crippen LogP contribution in [0.3, 0.4) is 0 Å². The first-order valence-corrected chi connectivity index (χ1v) is 11.4. The highest BCUT2D eigenvalue weighted by Gasteiger charge is 2.37. The Kier molecular flexibility index (Phi) is 5.78. The van der Waals surface area contributed by atoms with Crippen molar-refractivity contribution >= 4 is 22.8 Å². The monoisotopic (exact) mass is 422 g/mol. The molecule has 1 atom stereocenters. The van der Waals surface area contributed by atoms with Crippen molar-refractivity contribution in [1.82, 2.24) is 15.3 Å². The number of benzene rings is 1. The summed E-state index contributed by atoms with van der Waals surface area (Å²) in [5.41, 5.74) is 5.45. The van der Waals surface area contributed by atoms with Crippen LogP contribution in [-0.4, -0.2) is 53.0 Å². The van der Waals surface area contributed by atoms with E-state index in [4.69, 9.17) is 9.84 Å². The molecule has 0 bridgehead atoms. The van der Waals surface area contributed by atoms with Gasteiger partial charge in [0, 0.05) is 12.6 Å². The molecule has 1 aromatic heterocycles. The van der Waals surface area contributed by atoms with Crippen molar-refractivity contribution in [3.05, 3.63) is 47.8 Å². The van der Waals surface area contributed by atoms with Gasteiger partial charge >= 0.3 is 6.09 Å². The van der Waals surface area contributed by atoms with E-state index < -0.39 is 0 Å². The number of hydrogen-bond acceptors (Lipinski definition) is 5. The van der Waals surface area contributed by atoms with Crippen molar-refractivity contribution in [2.24, 2.45) is 5.92 Å². The number of ether oxygens (including phenoxy) is 1. The van der Waals surface area contributed by atoms with Gasteiger partial charge in [0.2, 0.25) is 0 Å². The molecule has 7 nitrogen and oxygen atoms in total. The van der Waals surface area contributed by atoms with E-state index in [-0.39, 0.29) is 18.7 Å². The van der Waals surface area contributed by atoms with E-state index in [2.05, 4.69) is 27.4 Å². The van der Waals surface area contributed by atoms with E-state index in [0.717, 1.165) is 29.6 Å². The van der Waals surface area contributed by atoms with Crippen LogP contribution in [0, 0.1) is 5.92 Å². The van der Waals surface area contributed by atoms with Gasteiger partial charge in [0.05, 0.1) is 35.7 Å². The van der Waals surface area contributed by atoms with Crippen LogP contribution in [0.5, 0.6) is 0 Å². The van der Waals surface area contributed by atoms with Crippen molar-refractivity contribution in [2.45, 2.75) is 50.6 Å². The summed E-state index contributed by atoms with van der Waals surface area (Å²) in [5, 5.41) is 12.4. The molecule has 31 heavy (non-hydrogen) atoms. The topological polar surface area (TPSA) is 90.5 Å². The molecular formula is C24H30N4O3. The lowest BCUT2D eigenvalue weighted by Gasteiger charge is -2.32. The predicted octanol–water partition coefficient (Wildman–Crippen LogP) is 3.68. The zero-order valence-electron chi connectivity index (χ0n) is 17.7. The number of imidazole rings is 1. The van der Waals surface area contributed by atoms with E-state index >= 15 is 0 Å². The summed E-state index contributed by atoms with van der Waals surface area (Å²) in [6, 6.07) is 6.33. The highest BCUT2D eigenvalue weighted by atomic mass is 16.6. The van der Waals surface area contributed by atoms with Crippen molar-refractivity contribution in [1.29, 1.82) is 0 Å². The van der Waals surface area contributed by atoms with Gasteiger partial charge in [0.25, 0.3) is 0 Å². The number of carbonyl (C=O) groups is 1. The first kappa shape index (κ1) is 20.3. The first-order valence-electron chi connectivity index (χ1n) is 11.4. The largest absolute Gasteiger partial charge is 0.447 e. The number of aromatic amines is 1. The van der Waals surface area contributed by atoms with Crippen LogP contribution >= 0.6 is 0 Å². The van der Waals surface area contributed by atoms with Crippen LogP contribution in [0.1, 0.15) is 38.5 Å². The number of nitrogens with one attached hydrogen (secondary N) is 2. The van der Waals surface area contributed by atoms with Crippen molar-refractivity contribution < 1.29 is 14.6 Å². The number of rotatable bonds is 6. The molecule has 1 saturated carbocycles. The molecule has 7 heteroatoms. The molecule has 2 fully saturated rings. The molecule has 1 aromatic carbocycles. The van der Waals surface area contributed by atoms with Gasteiger partial charge in [-0.25, -0.2) is 9.78 Å². The Balaban J connectivity index is 1.28. The molecule has 2 heterocycles. The molecule has 5 rings (SSSR count). The molecule has 2 aliphatic carbocycles. The van der Waals surface area contributed by atoms with E-state index in [1.807, 2.05) is 18.2 Å². The predicted molar refractivity (Wildman–Crippen MR) is 120 cm³/mol. The molecule has 164 valence electrons. The Morgan fingerprint density at radius 2 is 1.97 bits per heavy atom. The molecule has 1 saturated heterocycles. The standard InChI is InChI=1S/C24H30N4O3/c29-12-11-25-19-7-5-17(6-8-19)16-1-3-18(4-2-16)23-14-31-24(30)28(23)20-9-10-21-22(13-20)27-15-26-21/h1,3,9-10,13,15,17,19,23,25,29H,2,4-8,11-12,14H2,(H,26,27). The Bertz CT molecular complexity index is 1000. The average molecular weight is 423 g/mol. The summed E-state index contributed by atoms with van der Waals surface area (Å²) in [6.07, 6.45) is 12.7. The summed E-state index contributed by atoms with van der Waals surface area (Å²) in [7, 11) is 0. The van der Waals surface area contributed by atoms with Crippen molar-refractivity contribution in [3.8, 4) is 0 Å². The van der Waals surface area contributed by atoms with Crippen LogP contribution < -0.4 is 10.2 Å². The minimum atomic E-state index is -0.284. The lowest BCUT2D eigenvalue weighted by atomic mass is 9.77. The molecule has 1 aliphatic heterocycles. The third-order valence-electron chi connectivity index (χ3n) is 6.99. The van der Waals surface area contributed by atoms with Gasteiger partial charge < -0.3 is 20.1 Å². The van der Waals surface area contributed by atoms with Gasteiger partial charge in [0.15, 0.2) is 0 Å². The minimum Gasteiger partial charge on any atom is -0.447 e. The maximum atomic E-state index is 12.5. The van der Waals surface area contributed by atoms with Gasteiger partial charge in [-0.3, -0.25) is 4.90 Å². The number of nitrogens with zero attached hydrogens (tertiary/aromatic N) is 2. The highest BCUT2D eigenvalue weighted by molar-refractivity contribution is 5.93. The summed E-state index contributed by atoms with van der Waals surface area (Å²) < 4.78 is 5.44. The molecular weight excluding hydrogens is 392 g/mol. The highest BCUT2D eigenvalue weighted by Crippen LogP contribution is 2.37. The van der Waals surface area contributed by atoms with E-state index in [1.165, 1.54) is 31.3 Å². The van der Waals surface area contributed by atoms with Gasteiger partial charge in [-0.2, -0.15) is 0 Å². The summed E-state index contributed by atoms with van der Waals surface area (Å²) in [4.78, 5) is 21.7. The number of anilines is 1. The zero-order chi connectivity index (χ0) is 21.2. The zero-order valence-corrected chi connectivity index (χ0v) is 17.7. The fraction of sp³-hybridized carbons (Fsp3) is 0.500. The Hall–Kier alpha value is -2.64. The van der Waals surface area contributed by atoms with Crippen molar-refractivity contribution in [2.75, 3.05) is 24.7 Å². The number of hydrogen-bond donors (Lipinski definition) is 3. The van der Waals surface area contributed by atoms with Crippen LogP contribution in [0.2, 0.25) is 0 Å². The summed E-state index contributed by atoms with van der Waals surface area (Å²) in [5.74, 6) is 0.658. The lowest BCUT2D eigenvalue weighted by molar-refractivity contribution is 0.179. The molecule has 3 aliphatic rings. The number of carbonyl (C=O) groups excluding carboxylic acids is 1. The van der Waals surface area contributed by atoms with Gasteiger partial charge in [-0.05, 0) is 68.2 Å². The molecule has 2 aromatic rings. The number of aromatic nitrogens is 2. The Morgan fingerprint density at radius 3 is 2.74 bits per heavy atom. The Labute approximate surface area is 182 Å². The van der Waals surface area contributed by atoms with E-state index in [1.54, 1.807) is 16.8 Å². The number of amides is 1. The number of fused-ring (bicyclic) bond motifs is 1. The molecule has 1 amide bonds. The van der Waals surface area contributed by atoms with E-state index in [9.17, 15) is 4.79 Å². The fourth-order valence-electron chi connectivity index (χ4n) is 5.28. The van der Waals surface area contributed by atoms with Crippen LogP contribution in [0.25, 0.3) is 11.0 Å². The van der Waals surface area contributed by atoms with Crippen LogP contribution in [0.15, 0.2) is 47.8 Å².